The van der Waals surface area contributed by atoms with Crippen LogP contribution in [0.1, 0.15) is 60.2 Å². The second kappa shape index (κ2) is 4.74. The van der Waals surface area contributed by atoms with Crippen LogP contribution in [0.3, 0.4) is 0 Å². The number of aromatic nitrogens is 1. The van der Waals surface area contributed by atoms with Crippen molar-refractivity contribution in [3.8, 4) is 10.8 Å². The summed E-state index contributed by atoms with van der Waals surface area (Å²) in [4.78, 5) is 16.0. The number of rotatable bonds is 4. The Kier molecular flexibility index (Phi) is 3.17. The van der Waals surface area contributed by atoms with Crippen molar-refractivity contribution in [2.24, 2.45) is 5.92 Å². The third kappa shape index (κ3) is 2.26. The third-order valence-corrected chi connectivity index (χ3v) is 4.78. The van der Waals surface area contributed by atoms with Gasteiger partial charge in [0.05, 0.1) is 5.69 Å². The Morgan fingerprint density at radius 1 is 1.50 bits per heavy atom. The van der Waals surface area contributed by atoms with Crippen molar-refractivity contribution < 1.29 is 14.3 Å². The van der Waals surface area contributed by atoms with E-state index in [1.54, 1.807) is 0 Å². The molecule has 2 atom stereocenters. The normalized spacial score (nSPS) is 21.4. The van der Waals surface area contributed by atoms with E-state index in [0.29, 0.717) is 33.2 Å². The maximum atomic E-state index is 11.3. The van der Waals surface area contributed by atoms with Crippen LogP contribution in [0.15, 0.2) is 16.5 Å². The monoisotopic (exact) mass is 291 g/mol. The lowest BCUT2D eigenvalue weighted by Crippen LogP contribution is -2.00. The van der Waals surface area contributed by atoms with Crippen LogP contribution in [0.2, 0.25) is 0 Å². The molecule has 1 aliphatic rings. The van der Waals surface area contributed by atoms with Crippen molar-refractivity contribution >= 4 is 17.3 Å². The fourth-order valence-electron chi connectivity index (χ4n) is 2.37. The summed E-state index contributed by atoms with van der Waals surface area (Å²) in [5.41, 5.74) is 0.634. The molecule has 0 amide bonds. The maximum Gasteiger partial charge on any atom is 0.347 e. The highest BCUT2D eigenvalue weighted by atomic mass is 32.1. The van der Waals surface area contributed by atoms with E-state index < -0.39 is 5.97 Å². The van der Waals surface area contributed by atoms with Gasteiger partial charge >= 0.3 is 5.97 Å². The molecule has 0 spiro atoms. The zero-order chi connectivity index (χ0) is 14.4. The summed E-state index contributed by atoms with van der Waals surface area (Å²) in [5, 5.41) is 9.91. The Labute approximate surface area is 121 Å². The summed E-state index contributed by atoms with van der Waals surface area (Å²) in [5.74, 6) is 2.05. The number of hydrogen-bond acceptors (Lipinski definition) is 4. The SMILES string of the molecule is CC(C)c1nc(-c2ccc(C3CC3C)o2)sc1C(=O)O. The molecule has 4 nitrogen and oxygen atoms in total. The molecule has 1 N–H and O–H groups in total. The number of carbonyl (C=O) groups is 1. The highest BCUT2D eigenvalue weighted by Gasteiger charge is 2.36. The predicted molar refractivity (Wildman–Crippen MR) is 77.4 cm³/mol. The largest absolute Gasteiger partial charge is 0.477 e. The van der Waals surface area contributed by atoms with Gasteiger partial charge in [-0.25, -0.2) is 9.78 Å². The van der Waals surface area contributed by atoms with Crippen LogP contribution in [-0.4, -0.2) is 16.1 Å². The van der Waals surface area contributed by atoms with Crippen LogP contribution in [0.5, 0.6) is 0 Å². The lowest BCUT2D eigenvalue weighted by Gasteiger charge is -2.00. The van der Waals surface area contributed by atoms with E-state index in [4.69, 9.17) is 4.42 Å². The van der Waals surface area contributed by atoms with Gasteiger partial charge in [0.1, 0.15) is 10.6 Å². The Balaban J connectivity index is 1.95. The van der Waals surface area contributed by atoms with Gasteiger partial charge in [-0.15, -0.1) is 11.3 Å². The maximum absolute atomic E-state index is 11.3. The van der Waals surface area contributed by atoms with Crippen molar-refractivity contribution in [3.63, 3.8) is 0 Å². The van der Waals surface area contributed by atoms with Gasteiger partial charge in [-0.1, -0.05) is 20.8 Å². The molecule has 2 aromatic rings. The van der Waals surface area contributed by atoms with Crippen LogP contribution in [0, 0.1) is 5.92 Å². The molecule has 106 valence electrons. The quantitative estimate of drug-likeness (QED) is 0.909. The highest BCUT2D eigenvalue weighted by Crippen LogP contribution is 2.48. The molecule has 3 rings (SSSR count). The minimum atomic E-state index is -0.917. The van der Waals surface area contributed by atoms with Gasteiger partial charge in [-0.2, -0.15) is 0 Å². The van der Waals surface area contributed by atoms with E-state index in [0.717, 1.165) is 5.76 Å². The Morgan fingerprint density at radius 3 is 2.70 bits per heavy atom. The van der Waals surface area contributed by atoms with E-state index in [1.807, 2.05) is 26.0 Å². The predicted octanol–water partition coefficient (Wildman–Crippen LogP) is 4.35. The van der Waals surface area contributed by atoms with Gasteiger partial charge in [0, 0.05) is 5.92 Å². The van der Waals surface area contributed by atoms with Crippen LogP contribution in [-0.2, 0) is 0 Å². The standard InChI is InChI=1S/C15H17NO3S/c1-7(2)12-13(15(17)18)20-14(16-12)11-5-4-10(19-11)9-6-8(9)3/h4-5,7-9H,6H2,1-3H3,(H,17,18). The number of hydrogen-bond donors (Lipinski definition) is 1. The van der Waals surface area contributed by atoms with E-state index in [9.17, 15) is 9.90 Å². The minimum absolute atomic E-state index is 0.0870. The topological polar surface area (TPSA) is 63.3 Å². The second-order valence-electron chi connectivity index (χ2n) is 5.71. The van der Waals surface area contributed by atoms with Crippen LogP contribution in [0.25, 0.3) is 10.8 Å². The molecule has 0 saturated heterocycles. The molecule has 2 heterocycles. The van der Waals surface area contributed by atoms with Crippen molar-refractivity contribution in [1.29, 1.82) is 0 Å². The van der Waals surface area contributed by atoms with Gasteiger partial charge < -0.3 is 9.52 Å². The van der Waals surface area contributed by atoms with E-state index in [1.165, 1.54) is 17.8 Å². The smallest absolute Gasteiger partial charge is 0.347 e. The first-order valence-corrected chi connectivity index (χ1v) is 7.63. The molecule has 1 aliphatic carbocycles. The molecule has 0 bridgehead atoms. The van der Waals surface area contributed by atoms with Crippen molar-refractivity contribution in [1.82, 2.24) is 4.98 Å². The van der Waals surface area contributed by atoms with E-state index in [2.05, 4.69) is 11.9 Å². The number of furan rings is 1. The molecule has 0 aliphatic heterocycles. The van der Waals surface area contributed by atoms with E-state index in [-0.39, 0.29) is 5.92 Å². The summed E-state index contributed by atoms with van der Waals surface area (Å²) < 4.78 is 5.85. The highest BCUT2D eigenvalue weighted by molar-refractivity contribution is 7.16. The Morgan fingerprint density at radius 2 is 2.20 bits per heavy atom. The second-order valence-corrected chi connectivity index (χ2v) is 6.71. The first-order valence-electron chi connectivity index (χ1n) is 6.81. The van der Waals surface area contributed by atoms with Crippen LogP contribution in [0.4, 0.5) is 0 Å². The number of carboxylic acid groups (broad SMARTS) is 1. The molecule has 0 aromatic carbocycles. The zero-order valence-electron chi connectivity index (χ0n) is 11.7. The molecule has 0 radical (unpaired) electrons. The fraction of sp³-hybridized carbons (Fsp3) is 0.467. The first kappa shape index (κ1) is 13.4. The molecule has 1 fully saturated rings. The Hall–Kier alpha value is -1.62. The van der Waals surface area contributed by atoms with Gasteiger partial charge in [-0.3, -0.25) is 0 Å². The summed E-state index contributed by atoms with van der Waals surface area (Å²) in [6.07, 6.45) is 1.17. The Bertz CT molecular complexity index is 656. The lowest BCUT2D eigenvalue weighted by molar-refractivity contribution is 0.0700. The van der Waals surface area contributed by atoms with Crippen LogP contribution < -0.4 is 0 Å². The van der Waals surface area contributed by atoms with Crippen LogP contribution >= 0.6 is 11.3 Å². The van der Waals surface area contributed by atoms with Crippen molar-refractivity contribution in [3.05, 3.63) is 28.5 Å². The number of carboxylic acids is 1. The summed E-state index contributed by atoms with van der Waals surface area (Å²) in [6.45, 7) is 6.10. The zero-order valence-corrected chi connectivity index (χ0v) is 12.5. The fourth-order valence-corrected chi connectivity index (χ4v) is 3.39. The van der Waals surface area contributed by atoms with Gasteiger partial charge in [0.2, 0.25) is 0 Å². The number of thiazole rings is 1. The summed E-state index contributed by atoms with van der Waals surface area (Å²) >= 11 is 1.19. The molecule has 2 aromatic heterocycles. The van der Waals surface area contributed by atoms with Gasteiger partial charge in [0.15, 0.2) is 10.8 Å². The first-order chi connectivity index (χ1) is 9.47. The molecule has 20 heavy (non-hydrogen) atoms. The van der Waals surface area contributed by atoms with Crippen molar-refractivity contribution in [2.75, 3.05) is 0 Å². The third-order valence-electron chi connectivity index (χ3n) is 3.71. The van der Waals surface area contributed by atoms with Crippen molar-refractivity contribution in [2.45, 2.75) is 39.0 Å². The number of nitrogens with zero attached hydrogens (tertiary/aromatic N) is 1. The average molecular weight is 291 g/mol. The average Bonchev–Trinajstić information content (AvgIpc) is 2.87. The van der Waals surface area contributed by atoms with Gasteiger partial charge in [-0.05, 0) is 30.4 Å². The number of aromatic carboxylic acids is 1. The van der Waals surface area contributed by atoms with Gasteiger partial charge in [0.25, 0.3) is 0 Å². The molecule has 5 heteroatoms. The van der Waals surface area contributed by atoms with E-state index >= 15 is 0 Å². The molecular weight excluding hydrogens is 274 g/mol. The molecule has 1 saturated carbocycles. The summed E-state index contributed by atoms with van der Waals surface area (Å²) in [6, 6.07) is 3.88. The molecule has 2 unspecified atom stereocenters. The summed E-state index contributed by atoms with van der Waals surface area (Å²) in [7, 11) is 0. The minimum Gasteiger partial charge on any atom is -0.477 e. The lowest BCUT2D eigenvalue weighted by atomic mass is 10.1. The molecular formula is C15H17NO3S.